The molecule has 4 N–H and O–H groups in total. The SMILES string of the molecule is CCN(CC(C)(C)O)C(=O)Nc1cccc(C(C)N)c1. The summed E-state index contributed by atoms with van der Waals surface area (Å²) in [6, 6.07) is 7.17. The highest BCUT2D eigenvalue weighted by Crippen LogP contribution is 2.16. The molecule has 0 fully saturated rings. The van der Waals surface area contributed by atoms with Crippen LogP contribution in [0.4, 0.5) is 10.5 Å². The van der Waals surface area contributed by atoms with Crippen molar-refractivity contribution in [2.45, 2.75) is 39.3 Å². The van der Waals surface area contributed by atoms with Crippen LogP contribution in [0, 0.1) is 0 Å². The number of amides is 2. The molecule has 5 nitrogen and oxygen atoms in total. The molecule has 0 saturated heterocycles. The number of hydrogen-bond acceptors (Lipinski definition) is 3. The van der Waals surface area contributed by atoms with E-state index in [0.717, 1.165) is 5.56 Å². The zero-order valence-corrected chi connectivity index (χ0v) is 12.7. The molecule has 20 heavy (non-hydrogen) atoms. The van der Waals surface area contributed by atoms with Crippen molar-refractivity contribution in [1.82, 2.24) is 4.90 Å². The molecule has 0 heterocycles. The number of anilines is 1. The Bertz CT molecular complexity index is 453. The molecular formula is C15H25N3O2. The van der Waals surface area contributed by atoms with Gasteiger partial charge >= 0.3 is 6.03 Å². The van der Waals surface area contributed by atoms with Gasteiger partial charge in [0.2, 0.25) is 0 Å². The summed E-state index contributed by atoms with van der Waals surface area (Å²) in [6.07, 6.45) is 0. The van der Waals surface area contributed by atoms with E-state index in [1.807, 2.05) is 38.1 Å². The molecule has 2 amide bonds. The van der Waals surface area contributed by atoms with Crippen LogP contribution in [0.25, 0.3) is 0 Å². The Morgan fingerprint density at radius 3 is 2.65 bits per heavy atom. The van der Waals surface area contributed by atoms with E-state index in [4.69, 9.17) is 5.73 Å². The Hall–Kier alpha value is -1.59. The Morgan fingerprint density at radius 1 is 1.50 bits per heavy atom. The van der Waals surface area contributed by atoms with E-state index < -0.39 is 5.60 Å². The summed E-state index contributed by atoms with van der Waals surface area (Å²) in [6.45, 7) is 7.95. The van der Waals surface area contributed by atoms with Gasteiger partial charge in [-0.25, -0.2) is 4.79 Å². The monoisotopic (exact) mass is 279 g/mol. The second kappa shape index (κ2) is 6.72. The minimum atomic E-state index is -0.916. The van der Waals surface area contributed by atoms with Crippen LogP contribution in [0.2, 0.25) is 0 Å². The molecule has 1 unspecified atom stereocenters. The largest absolute Gasteiger partial charge is 0.389 e. The minimum Gasteiger partial charge on any atom is -0.389 e. The number of nitrogens with zero attached hydrogens (tertiary/aromatic N) is 1. The number of carbonyl (C=O) groups excluding carboxylic acids is 1. The maximum atomic E-state index is 12.2. The third-order valence-electron chi connectivity index (χ3n) is 2.91. The molecule has 112 valence electrons. The van der Waals surface area contributed by atoms with E-state index in [9.17, 15) is 9.90 Å². The molecule has 1 rings (SSSR count). The summed E-state index contributed by atoms with van der Waals surface area (Å²) >= 11 is 0. The third kappa shape index (κ3) is 5.19. The first-order valence-corrected chi connectivity index (χ1v) is 6.87. The number of urea groups is 1. The first-order chi connectivity index (χ1) is 9.23. The molecule has 0 aliphatic rings. The van der Waals surface area contributed by atoms with E-state index >= 15 is 0 Å². The van der Waals surface area contributed by atoms with Gasteiger partial charge in [-0.3, -0.25) is 0 Å². The summed E-state index contributed by atoms with van der Waals surface area (Å²) in [5, 5.41) is 12.6. The number of hydrogen-bond donors (Lipinski definition) is 3. The molecule has 1 aromatic rings. The second-order valence-corrected chi connectivity index (χ2v) is 5.67. The Balaban J connectivity index is 2.76. The number of carbonyl (C=O) groups is 1. The van der Waals surface area contributed by atoms with Crippen LogP contribution in [0.15, 0.2) is 24.3 Å². The van der Waals surface area contributed by atoms with Crippen molar-refractivity contribution in [3.8, 4) is 0 Å². The summed E-state index contributed by atoms with van der Waals surface area (Å²) in [5.74, 6) is 0. The van der Waals surface area contributed by atoms with Crippen LogP contribution in [0.3, 0.4) is 0 Å². The standard InChI is InChI=1S/C15H25N3O2/c1-5-18(10-15(3,4)20)14(19)17-13-8-6-7-12(9-13)11(2)16/h6-9,11,20H,5,10,16H2,1-4H3,(H,17,19). The lowest BCUT2D eigenvalue weighted by molar-refractivity contribution is 0.0501. The molecular weight excluding hydrogens is 254 g/mol. The van der Waals surface area contributed by atoms with Crippen molar-refractivity contribution in [2.24, 2.45) is 5.73 Å². The van der Waals surface area contributed by atoms with E-state index in [-0.39, 0.29) is 18.6 Å². The fourth-order valence-corrected chi connectivity index (χ4v) is 1.90. The van der Waals surface area contributed by atoms with Crippen LogP contribution < -0.4 is 11.1 Å². The topological polar surface area (TPSA) is 78.6 Å². The predicted molar refractivity (Wildman–Crippen MR) is 81.6 cm³/mol. The maximum absolute atomic E-state index is 12.2. The van der Waals surface area contributed by atoms with Crippen molar-refractivity contribution in [3.05, 3.63) is 29.8 Å². The van der Waals surface area contributed by atoms with E-state index in [2.05, 4.69) is 5.32 Å². The molecule has 0 spiro atoms. The number of likely N-dealkylation sites (N-methyl/N-ethyl adjacent to an activating group) is 1. The highest BCUT2D eigenvalue weighted by molar-refractivity contribution is 5.89. The number of nitrogens with one attached hydrogen (secondary N) is 1. The molecule has 0 saturated carbocycles. The van der Waals surface area contributed by atoms with Crippen LogP contribution in [0.5, 0.6) is 0 Å². The lowest BCUT2D eigenvalue weighted by atomic mass is 10.1. The van der Waals surface area contributed by atoms with Gasteiger partial charge in [0.05, 0.1) is 12.1 Å². The van der Waals surface area contributed by atoms with Gasteiger partial charge in [0.25, 0.3) is 0 Å². The highest BCUT2D eigenvalue weighted by Gasteiger charge is 2.21. The fourth-order valence-electron chi connectivity index (χ4n) is 1.90. The smallest absolute Gasteiger partial charge is 0.321 e. The average Bonchev–Trinajstić information content (AvgIpc) is 2.35. The first kappa shape index (κ1) is 16.5. The van der Waals surface area contributed by atoms with E-state index in [0.29, 0.717) is 12.2 Å². The van der Waals surface area contributed by atoms with Crippen LogP contribution in [0.1, 0.15) is 39.3 Å². The fraction of sp³-hybridized carbons (Fsp3) is 0.533. The van der Waals surface area contributed by atoms with Crippen molar-refractivity contribution >= 4 is 11.7 Å². The number of nitrogens with two attached hydrogens (primary N) is 1. The van der Waals surface area contributed by atoms with Crippen molar-refractivity contribution in [2.75, 3.05) is 18.4 Å². The highest BCUT2D eigenvalue weighted by atomic mass is 16.3. The lowest BCUT2D eigenvalue weighted by Gasteiger charge is -2.28. The molecule has 0 aliphatic carbocycles. The van der Waals surface area contributed by atoms with Gasteiger partial charge < -0.3 is 21.1 Å². The first-order valence-electron chi connectivity index (χ1n) is 6.87. The lowest BCUT2D eigenvalue weighted by Crippen LogP contribution is -2.44. The molecule has 0 aliphatic heterocycles. The summed E-state index contributed by atoms with van der Waals surface area (Å²) in [7, 11) is 0. The maximum Gasteiger partial charge on any atom is 0.321 e. The minimum absolute atomic E-state index is 0.0782. The zero-order valence-electron chi connectivity index (χ0n) is 12.7. The molecule has 0 aromatic heterocycles. The number of rotatable bonds is 5. The summed E-state index contributed by atoms with van der Waals surface area (Å²) < 4.78 is 0. The Kier molecular flexibility index (Phi) is 5.53. The van der Waals surface area contributed by atoms with Gasteiger partial charge in [-0.15, -0.1) is 0 Å². The Morgan fingerprint density at radius 2 is 2.15 bits per heavy atom. The van der Waals surface area contributed by atoms with Gasteiger partial charge in [0.15, 0.2) is 0 Å². The number of aliphatic hydroxyl groups is 1. The third-order valence-corrected chi connectivity index (χ3v) is 2.91. The number of benzene rings is 1. The predicted octanol–water partition coefficient (Wildman–Crippen LogP) is 2.33. The van der Waals surface area contributed by atoms with Gasteiger partial charge in [0.1, 0.15) is 0 Å². The second-order valence-electron chi connectivity index (χ2n) is 5.67. The van der Waals surface area contributed by atoms with Crippen molar-refractivity contribution in [3.63, 3.8) is 0 Å². The van der Waals surface area contributed by atoms with Gasteiger partial charge in [-0.05, 0) is 45.4 Å². The van der Waals surface area contributed by atoms with Crippen LogP contribution >= 0.6 is 0 Å². The summed E-state index contributed by atoms with van der Waals surface area (Å²) in [5.41, 5.74) is 6.58. The molecule has 5 heteroatoms. The average molecular weight is 279 g/mol. The van der Waals surface area contributed by atoms with Gasteiger partial charge in [-0.1, -0.05) is 12.1 Å². The van der Waals surface area contributed by atoms with E-state index in [1.165, 1.54) is 0 Å². The van der Waals surface area contributed by atoms with Gasteiger partial charge in [0, 0.05) is 18.3 Å². The van der Waals surface area contributed by atoms with E-state index in [1.54, 1.807) is 18.7 Å². The van der Waals surface area contributed by atoms with Gasteiger partial charge in [-0.2, -0.15) is 0 Å². The normalized spacial score (nSPS) is 12.9. The van der Waals surface area contributed by atoms with Crippen LogP contribution in [-0.4, -0.2) is 34.7 Å². The zero-order chi connectivity index (χ0) is 15.3. The molecule has 1 aromatic carbocycles. The molecule has 0 bridgehead atoms. The molecule has 1 atom stereocenters. The molecule has 0 radical (unpaired) electrons. The van der Waals surface area contributed by atoms with Crippen molar-refractivity contribution < 1.29 is 9.90 Å². The van der Waals surface area contributed by atoms with Crippen LogP contribution in [-0.2, 0) is 0 Å². The van der Waals surface area contributed by atoms with Crippen molar-refractivity contribution in [1.29, 1.82) is 0 Å². The Labute approximate surface area is 120 Å². The summed E-state index contributed by atoms with van der Waals surface area (Å²) in [4.78, 5) is 13.7. The quantitative estimate of drug-likeness (QED) is 0.774.